The van der Waals surface area contributed by atoms with Gasteiger partial charge in [-0.05, 0) is 58.0 Å². The van der Waals surface area contributed by atoms with Crippen LogP contribution in [0.5, 0.6) is 0 Å². The molecule has 0 aliphatic rings. The van der Waals surface area contributed by atoms with E-state index in [1.54, 1.807) is 18.2 Å². The molecule has 2 aromatic carbocycles. The van der Waals surface area contributed by atoms with Gasteiger partial charge in [0.25, 0.3) is 0 Å². The summed E-state index contributed by atoms with van der Waals surface area (Å²) in [5.41, 5.74) is 1.34. The maximum atomic E-state index is 13.5. The Labute approximate surface area is 127 Å². The highest BCUT2D eigenvalue weighted by Crippen LogP contribution is 2.27. The van der Waals surface area contributed by atoms with Crippen LogP contribution in [0.2, 0.25) is 0 Å². The van der Waals surface area contributed by atoms with Crippen molar-refractivity contribution in [2.75, 3.05) is 0 Å². The van der Waals surface area contributed by atoms with Crippen molar-refractivity contribution < 1.29 is 9.50 Å². The summed E-state index contributed by atoms with van der Waals surface area (Å²) in [5, 5.41) is 10.2. The van der Waals surface area contributed by atoms with E-state index in [-0.39, 0.29) is 12.2 Å². The molecule has 0 saturated heterocycles. The smallest absolute Gasteiger partial charge is 0.126 e. The predicted molar refractivity (Wildman–Crippen MR) is 81.9 cm³/mol. The van der Waals surface area contributed by atoms with E-state index in [9.17, 15) is 9.50 Å². The molecule has 0 aromatic heterocycles. The van der Waals surface area contributed by atoms with E-state index in [4.69, 9.17) is 0 Å². The molecule has 1 atom stereocenters. The van der Waals surface area contributed by atoms with Gasteiger partial charge < -0.3 is 5.11 Å². The van der Waals surface area contributed by atoms with E-state index >= 15 is 0 Å². The van der Waals surface area contributed by atoms with Crippen LogP contribution in [0, 0.1) is 9.39 Å². The monoisotopic (exact) mass is 420 g/mol. The van der Waals surface area contributed by atoms with Crippen molar-refractivity contribution >= 4 is 38.5 Å². The summed E-state index contributed by atoms with van der Waals surface area (Å²) >= 11 is 5.55. The van der Waals surface area contributed by atoms with E-state index in [0.29, 0.717) is 5.56 Å². The zero-order valence-corrected chi connectivity index (χ0v) is 13.2. The molecule has 1 N–H and O–H groups in total. The topological polar surface area (TPSA) is 20.2 Å². The first kappa shape index (κ1) is 14.0. The third kappa shape index (κ3) is 3.30. The van der Waals surface area contributed by atoms with Crippen molar-refractivity contribution in [3.63, 3.8) is 0 Å². The second kappa shape index (κ2) is 6.12. The lowest BCUT2D eigenvalue weighted by Gasteiger charge is -2.14. The van der Waals surface area contributed by atoms with Crippen LogP contribution in [0.4, 0.5) is 4.39 Å². The van der Waals surface area contributed by atoms with Crippen LogP contribution in [-0.2, 0) is 6.42 Å². The molecule has 1 unspecified atom stereocenters. The molecule has 0 aliphatic carbocycles. The molecule has 0 heterocycles. The van der Waals surface area contributed by atoms with Crippen molar-refractivity contribution in [3.05, 3.63) is 67.5 Å². The lowest BCUT2D eigenvalue weighted by atomic mass is 10.0. The van der Waals surface area contributed by atoms with Gasteiger partial charge in [0.1, 0.15) is 5.82 Å². The van der Waals surface area contributed by atoms with E-state index in [0.717, 1.165) is 13.6 Å². The second-order valence-corrected chi connectivity index (χ2v) is 6.06. The number of hydrogen-bond donors (Lipinski definition) is 1. The molecular formula is C14H11BrFIO. The van der Waals surface area contributed by atoms with Crippen molar-refractivity contribution in [3.8, 4) is 0 Å². The number of halogens is 3. The van der Waals surface area contributed by atoms with Crippen LogP contribution in [-0.4, -0.2) is 5.11 Å². The molecule has 0 fully saturated rings. The number of aliphatic hydroxyl groups excluding tert-OH is 1. The maximum absolute atomic E-state index is 13.5. The molecule has 94 valence electrons. The standard InChI is InChI=1S/C14H11BrFIO/c15-10-5-6-13(17)11(8-10)14(18)7-9-3-1-2-4-12(9)16/h1-6,8,14,18H,7H2. The minimum absolute atomic E-state index is 0.276. The summed E-state index contributed by atoms with van der Waals surface area (Å²) in [6, 6.07) is 12.2. The molecule has 0 bridgehead atoms. The Morgan fingerprint density at radius 3 is 2.67 bits per heavy atom. The Bertz CT molecular complexity index is 559. The fourth-order valence-electron chi connectivity index (χ4n) is 1.75. The van der Waals surface area contributed by atoms with Crippen molar-refractivity contribution in [2.45, 2.75) is 12.5 Å². The SMILES string of the molecule is OC(Cc1ccccc1F)c1cc(Br)ccc1I. The normalized spacial score (nSPS) is 12.4. The van der Waals surface area contributed by atoms with Crippen LogP contribution in [0.25, 0.3) is 0 Å². The minimum Gasteiger partial charge on any atom is -0.388 e. The Balaban J connectivity index is 2.25. The molecule has 4 heteroatoms. The third-order valence-corrected chi connectivity index (χ3v) is 4.16. The molecule has 0 radical (unpaired) electrons. The van der Waals surface area contributed by atoms with E-state index in [1.165, 1.54) is 6.07 Å². The number of rotatable bonds is 3. The highest BCUT2D eigenvalue weighted by molar-refractivity contribution is 14.1. The zero-order valence-electron chi connectivity index (χ0n) is 9.41. The van der Waals surface area contributed by atoms with Gasteiger partial charge in [0, 0.05) is 14.5 Å². The average Bonchev–Trinajstić information content (AvgIpc) is 2.35. The zero-order chi connectivity index (χ0) is 13.1. The molecule has 0 spiro atoms. The van der Waals surface area contributed by atoms with E-state index in [2.05, 4.69) is 38.5 Å². The van der Waals surface area contributed by atoms with Crippen molar-refractivity contribution in [1.82, 2.24) is 0 Å². The second-order valence-electron chi connectivity index (χ2n) is 3.98. The molecule has 2 aromatic rings. The molecule has 1 nitrogen and oxygen atoms in total. The Morgan fingerprint density at radius 1 is 1.22 bits per heavy atom. The minimum atomic E-state index is -0.702. The van der Waals surface area contributed by atoms with E-state index in [1.807, 2.05) is 18.2 Å². The fourth-order valence-corrected chi connectivity index (χ4v) is 2.83. The average molecular weight is 421 g/mol. The lowest BCUT2D eigenvalue weighted by molar-refractivity contribution is 0.176. The summed E-state index contributed by atoms with van der Waals surface area (Å²) in [7, 11) is 0. The maximum Gasteiger partial charge on any atom is 0.126 e. The molecule has 0 amide bonds. The first-order chi connectivity index (χ1) is 8.58. The Hall–Kier alpha value is -0.460. The van der Waals surface area contributed by atoms with E-state index < -0.39 is 6.10 Å². The van der Waals surface area contributed by atoms with Crippen LogP contribution in [0.1, 0.15) is 17.2 Å². The molecule has 2 rings (SSSR count). The summed E-state index contributed by atoms with van der Waals surface area (Å²) in [5.74, 6) is -0.276. The largest absolute Gasteiger partial charge is 0.388 e. The number of benzene rings is 2. The number of aliphatic hydroxyl groups is 1. The first-order valence-electron chi connectivity index (χ1n) is 5.44. The third-order valence-electron chi connectivity index (χ3n) is 2.69. The Morgan fingerprint density at radius 2 is 1.94 bits per heavy atom. The summed E-state index contributed by atoms with van der Waals surface area (Å²) in [6.45, 7) is 0. The van der Waals surface area contributed by atoms with Gasteiger partial charge in [-0.15, -0.1) is 0 Å². The van der Waals surface area contributed by atoms with Gasteiger partial charge in [0.15, 0.2) is 0 Å². The quantitative estimate of drug-likeness (QED) is 0.726. The molecule has 18 heavy (non-hydrogen) atoms. The summed E-state index contributed by atoms with van der Waals surface area (Å²) < 4.78 is 15.4. The van der Waals surface area contributed by atoms with Gasteiger partial charge in [-0.3, -0.25) is 0 Å². The van der Waals surface area contributed by atoms with Gasteiger partial charge in [0.2, 0.25) is 0 Å². The molecule has 0 aliphatic heterocycles. The predicted octanol–water partition coefficient (Wildman–Crippen LogP) is 4.47. The highest BCUT2D eigenvalue weighted by atomic mass is 127. The Kier molecular flexibility index (Phi) is 4.75. The van der Waals surface area contributed by atoms with Gasteiger partial charge in [0.05, 0.1) is 6.10 Å². The summed E-state index contributed by atoms with van der Waals surface area (Å²) in [4.78, 5) is 0. The van der Waals surface area contributed by atoms with Crippen LogP contribution < -0.4 is 0 Å². The van der Waals surface area contributed by atoms with Crippen LogP contribution in [0.3, 0.4) is 0 Å². The van der Waals surface area contributed by atoms with Crippen molar-refractivity contribution in [2.24, 2.45) is 0 Å². The van der Waals surface area contributed by atoms with Gasteiger partial charge >= 0.3 is 0 Å². The van der Waals surface area contributed by atoms with Crippen LogP contribution >= 0.6 is 38.5 Å². The first-order valence-corrected chi connectivity index (χ1v) is 7.31. The van der Waals surface area contributed by atoms with Gasteiger partial charge in [-0.2, -0.15) is 0 Å². The fraction of sp³-hybridized carbons (Fsp3) is 0.143. The van der Waals surface area contributed by atoms with Crippen LogP contribution in [0.15, 0.2) is 46.9 Å². The number of hydrogen-bond acceptors (Lipinski definition) is 1. The highest BCUT2D eigenvalue weighted by Gasteiger charge is 2.14. The molecular weight excluding hydrogens is 410 g/mol. The van der Waals surface area contributed by atoms with Gasteiger partial charge in [-0.25, -0.2) is 4.39 Å². The molecule has 0 saturated carbocycles. The summed E-state index contributed by atoms with van der Waals surface area (Å²) in [6.07, 6.45) is -0.426. The van der Waals surface area contributed by atoms with Gasteiger partial charge in [-0.1, -0.05) is 34.1 Å². The lowest BCUT2D eigenvalue weighted by Crippen LogP contribution is -2.05. The van der Waals surface area contributed by atoms with Crippen molar-refractivity contribution in [1.29, 1.82) is 0 Å².